The molecular formula is C18H20N2O3S. The summed E-state index contributed by atoms with van der Waals surface area (Å²) in [5, 5.41) is 6.57. The fourth-order valence-corrected chi connectivity index (χ4v) is 2.37. The lowest BCUT2D eigenvalue weighted by Crippen LogP contribution is -2.16. The van der Waals surface area contributed by atoms with Crippen molar-refractivity contribution < 1.29 is 14.4 Å². The zero-order valence-electron chi connectivity index (χ0n) is 13.7. The van der Waals surface area contributed by atoms with E-state index in [1.807, 2.05) is 61.7 Å². The molecule has 0 aromatic heterocycles. The first kappa shape index (κ1) is 17.9. The fraction of sp³-hybridized carbons (Fsp3) is 0.222. The van der Waals surface area contributed by atoms with Crippen molar-refractivity contribution in [2.24, 2.45) is 5.16 Å². The Labute approximate surface area is 146 Å². The summed E-state index contributed by atoms with van der Waals surface area (Å²) in [5.74, 6) is 0.555. The van der Waals surface area contributed by atoms with Gasteiger partial charge in [0.05, 0.1) is 12.8 Å². The zero-order valence-corrected chi connectivity index (χ0v) is 14.5. The number of carbonyl (C=O) groups excluding carboxylic acids is 1. The maximum atomic E-state index is 11.8. The molecule has 2 rings (SSSR count). The Hall–Kier alpha value is -2.47. The molecule has 0 heterocycles. The van der Waals surface area contributed by atoms with Gasteiger partial charge in [0.25, 0.3) is 5.91 Å². The van der Waals surface area contributed by atoms with Crippen LogP contribution >= 0.6 is 11.8 Å². The van der Waals surface area contributed by atoms with E-state index in [0.717, 1.165) is 21.9 Å². The third-order valence-electron chi connectivity index (χ3n) is 3.02. The second-order valence-electron chi connectivity index (χ2n) is 4.79. The maximum Gasteiger partial charge on any atom is 0.265 e. The van der Waals surface area contributed by atoms with Gasteiger partial charge in [0, 0.05) is 10.6 Å². The molecule has 0 radical (unpaired) electrons. The van der Waals surface area contributed by atoms with E-state index in [1.54, 1.807) is 18.0 Å². The summed E-state index contributed by atoms with van der Waals surface area (Å²) in [5.41, 5.74) is 1.61. The number of thioether (sulfide) groups is 1. The van der Waals surface area contributed by atoms with Gasteiger partial charge in [-0.3, -0.25) is 4.79 Å². The molecule has 0 aliphatic carbocycles. The Bertz CT molecular complexity index is 687. The molecule has 1 N–H and O–H groups in total. The van der Waals surface area contributed by atoms with E-state index in [9.17, 15) is 4.79 Å². The standard InChI is InChI=1S/C18H20N2O3S/c1-3-22-16-9-7-14(8-10-16)12-19-23-13-18(21)20-15-5-4-6-17(11-15)24-2/h4-12H,3,13H2,1-2H3,(H,20,21)/b19-12-. The summed E-state index contributed by atoms with van der Waals surface area (Å²) in [6.07, 6.45) is 3.54. The Morgan fingerprint density at radius 1 is 1.25 bits per heavy atom. The highest BCUT2D eigenvalue weighted by atomic mass is 32.2. The summed E-state index contributed by atoms with van der Waals surface area (Å²) in [6, 6.07) is 15.1. The second kappa shape index (κ2) is 9.62. The average molecular weight is 344 g/mol. The first-order valence-corrected chi connectivity index (χ1v) is 8.76. The van der Waals surface area contributed by atoms with E-state index in [4.69, 9.17) is 9.57 Å². The van der Waals surface area contributed by atoms with Gasteiger partial charge in [-0.2, -0.15) is 0 Å². The van der Waals surface area contributed by atoms with Crippen LogP contribution in [0.25, 0.3) is 0 Å². The second-order valence-corrected chi connectivity index (χ2v) is 5.67. The van der Waals surface area contributed by atoms with E-state index >= 15 is 0 Å². The minimum absolute atomic E-state index is 0.142. The quantitative estimate of drug-likeness (QED) is 0.449. The highest BCUT2D eigenvalue weighted by Gasteiger charge is 2.03. The molecule has 2 aromatic rings. The van der Waals surface area contributed by atoms with Crippen LogP contribution in [0.15, 0.2) is 58.6 Å². The zero-order chi connectivity index (χ0) is 17.2. The number of benzene rings is 2. The number of hydrogen-bond acceptors (Lipinski definition) is 5. The number of nitrogens with zero attached hydrogens (tertiary/aromatic N) is 1. The number of amides is 1. The number of hydrogen-bond donors (Lipinski definition) is 1. The fourth-order valence-electron chi connectivity index (χ4n) is 1.91. The Balaban J connectivity index is 1.77. The van der Waals surface area contributed by atoms with E-state index in [2.05, 4.69) is 10.5 Å². The molecule has 0 aliphatic rings. The van der Waals surface area contributed by atoms with Gasteiger partial charge in [-0.15, -0.1) is 11.8 Å². The lowest BCUT2D eigenvalue weighted by molar-refractivity contribution is -0.120. The summed E-state index contributed by atoms with van der Waals surface area (Å²) < 4.78 is 5.36. The van der Waals surface area contributed by atoms with Crippen LogP contribution in [0.3, 0.4) is 0 Å². The van der Waals surface area contributed by atoms with Crippen LogP contribution in [0.4, 0.5) is 5.69 Å². The van der Waals surface area contributed by atoms with Crippen LogP contribution in [0, 0.1) is 0 Å². The molecule has 6 heteroatoms. The number of rotatable bonds is 8. The van der Waals surface area contributed by atoms with Gasteiger partial charge in [0.2, 0.25) is 0 Å². The van der Waals surface area contributed by atoms with E-state index in [1.165, 1.54) is 0 Å². The van der Waals surface area contributed by atoms with Crippen molar-refractivity contribution >= 4 is 29.6 Å². The maximum absolute atomic E-state index is 11.8. The van der Waals surface area contributed by atoms with Crippen LogP contribution in [0.1, 0.15) is 12.5 Å². The van der Waals surface area contributed by atoms with E-state index in [-0.39, 0.29) is 12.5 Å². The van der Waals surface area contributed by atoms with Crippen molar-refractivity contribution in [2.45, 2.75) is 11.8 Å². The largest absolute Gasteiger partial charge is 0.494 e. The Morgan fingerprint density at radius 3 is 2.75 bits per heavy atom. The van der Waals surface area contributed by atoms with Gasteiger partial charge < -0.3 is 14.9 Å². The van der Waals surface area contributed by atoms with Crippen molar-refractivity contribution in [1.29, 1.82) is 0 Å². The highest BCUT2D eigenvalue weighted by Crippen LogP contribution is 2.18. The third kappa shape index (κ3) is 5.96. The van der Waals surface area contributed by atoms with Crippen LogP contribution in [0.5, 0.6) is 5.75 Å². The van der Waals surface area contributed by atoms with Gasteiger partial charge in [0.15, 0.2) is 6.61 Å². The lowest BCUT2D eigenvalue weighted by atomic mass is 10.2. The predicted molar refractivity (Wildman–Crippen MR) is 98.0 cm³/mol. The molecule has 2 aromatic carbocycles. The van der Waals surface area contributed by atoms with Gasteiger partial charge in [-0.1, -0.05) is 11.2 Å². The molecule has 126 valence electrons. The molecule has 0 atom stereocenters. The molecule has 0 saturated heterocycles. The summed E-state index contributed by atoms with van der Waals surface area (Å²) in [6.45, 7) is 2.42. The number of anilines is 1. The van der Waals surface area contributed by atoms with Crippen LogP contribution in [-0.2, 0) is 9.63 Å². The highest BCUT2D eigenvalue weighted by molar-refractivity contribution is 7.98. The average Bonchev–Trinajstić information content (AvgIpc) is 2.60. The third-order valence-corrected chi connectivity index (χ3v) is 3.74. The normalized spacial score (nSPS) is 10.6. The molecule has 5 nitrogen and oxygen atoms in total. The number of carbonyl (C=O) groups is 1. The number of oxime groups is 1. The molecular weight excluding hydrogens is 324 g/mol. The van der Waals surface area contributed by atoms with E-state index < -0.39 is 0 Å². The summed E-state index contributed by atoms with van der Waals surface area (Å²) in [4.78, 5) is 17.9. The first-order chi connectivity index (χ1) is 11.7. The molecule has 24 heavy (non-hydrogen) atoms. The van der Waals surface area contributed by atoms with Crippen LogP contribution in [-0.4, -0.2) is 31.6 Å². The predicted octanol–water partition coefficient (Wildman–Crippen LogP) is 3.80. The van der Waals surface area contributed by atoms with Crippen molar-refractivity contribution in [3.63, 3.8) is 0 Å². The van der Waals surface area contributed by atoms with Gasteiger partial charge >= 0.3 is 0 Å². The Kier molecular flexibility index (Phi) is 7.17. The molecule has 0 unspecified atom stereocenters. The summed E-state index contributed by atoms with van der Waals surface area (Å²) in [7, 11) is 0. The minimum Gasteiger partial charge on any atom is -0.494 e. The van der Waals surface area contributed by atoms with Crippen LogP contribution < -0.4 is 10.1 Å². The monoisotopic (exact) mass is 344 g/mol. The number of nitrogens with one attached hydrogen (secondary N) is 1. The van der Waals surface area contributed by atoms with E-state index in [0.29, 0.717) is 6.61 Å². The van der Waals surface area contributed by atoms with Crippen molar-refractivity contribution in [3.05, 3.63) is 54.1 Å². The van der Waals surface area contributed by atoms with Crippen LogP contribution in [0.2, 0.25) is 0 Å². The van der Waals surface area contributed by atoms with Gasteiger partial charge in [0.1, 0.15) is 5.75 Å². The SMILES string of the molecule is CCOc1ccc(/C=N\OCC(=O)Nc2cccc(SC)c2)cc1. The minimum atomic E-state index is -0.253. The van der Waals surface area contributed by atoms with Crippen molar-refractivity contribution in [1.82, 2.24) is 0 Å². The molecule has 0 fully saturated rings. The molecule has 0 saturated carbocycles. The van der Waals surface area contributed by atoms with Gasteiger partial charge in [-0.05, 0) is 61.2 Å². The smallest absolute Gasteiger partial charge is 0.265 e. The van der Waals surface area contributed by atoms with Crippen molar-refractivity contribution in [3.8, 4) is 5.75 Å². The van der Waals surface area contributed by atoms with Crippen molar-refractivity contribution in [2.75, 3.05) is 24.8 Å². The molecule has 1 amide bonds. The molecule has 0 bridgehead atoms. The molecule has 0 spiro atoms. The topological polar surface area (TPSA) is 59.9 Å². The number of ether oxygens (including phenoxy) is 1. The lowest BCUT2D eigenvalue weighted by Gasteiger charge is -2.05. The van der Waals surface area contributed by atoms with Gasteiger partial charge in [-0.25, -0.2) is 0 Å². The Morgan fingerprint density at radius 2 is 2.04 bits per heavy atom. The molecule has 0 aliphatic heterocycles. The first-order valence-electron chi connectivity index (χ1n) is 7.53. The summed E-state index contributed by atoms with van der Waals surface area (Å²) >= 11 is 1.62.